The van der Waals surface area contributed by atoms with E-state index in [1.54, 1.807) is 12.3 Å². The summed E-state index contributed by atoms with van der Waals surface area (Å²) < 4.78 is 0.952. The van der Waals surface area contributed by atoms with Crippen molar-refractivity contribution in [3.05, 3.63) is 50.2 Å². The van der Waals surface area contributed by atoms with Gasteiger partial charge in [-0.3, -0.25) is 10.1 Å². The summed E-state index contributed by atoms with van der Waals surface area (Å²) in [5.74, 6) is 0. The molecule has 0 radical (unpaired) electrons. The van der Waals surface area contributed by atoms with Gasteiger partial charge < -0.3 is 4.98 Å². The van der Waals surface area contributed by atoms with Crippen molar-refractivity contribution in [2.75, 3.05) is 0 Å². The SMILES string of the molecule is CC(=Cc1c[nH]c2ccc(Br)cc12)[N+](=O)[O-]. The number of benzene rings is 1. The number of hydrogen-bond acceptors (Lipinski definition) is 2. The summed E-state index contributed by atoms with van der Waals surface area (Å²) in [5.41, 5.74) is 1.91. The fraction of sp³-hybridized carbons (Fsp3) is 0.0909. The molecule has 1 aromatic heterocycles. The molecule has 5 heteroatoms. The minimum atomic E-state index is -0.392. The molecule has 0 fully saturated rings. The van der Waals surface area contributed by atoms with Gasteiger partial charge in [0, 0.05) is 40.1 Å². The number of fused-ring (bicyclic) bond motifs is 1. The van der Waals surface area contributed by atoms with Gasteiger partial charge in [0.2, 0.25) is 5.70 Å². The molecule has 1 aromatic carbocycles. The van der Waals surface area contributed by atoms with Crippen LogP contribution in [0.1, 0.15) is 12.5 Å². The highest BCUT2D eigenvalue weighted by atomic mass is 79.9. The Morgan fingerprint density at radius 2 is 2.31 bits per heavy atom. The van der Waals surface area contributed by atoms with Crippen molar-refractivity contribution in [3.8, 4) is 0 Å². The summed E-state index contributed by atoms with van der Waals surface area (Å²) in [4.78, 5) is 13.2. The molecule has 0 saturated carbocycles. The van der Waals surface area contributed by atoms with Crippen LogP contribution in [0.5, 0.6) is 0 Å². The predicted octanol–water partition coefficient (Wildman–Crippen LogP) is 3.57. The molecule has 0 bridgehead atoms. The minimum absolute atomic E-state index is 0.126. The van der Waals surface area contributed by atoms with E-state index in [1.165, 1.54) is 6.92 Å². The molecule has 2 aromatic rings. The second kappa shape index (κ2) is 4.09. The summed E-state index contributed by atoms with van der Waals surface area (Å²) in [6.45, 7) is 1.48. The molecule has 16 heavy (non-hydrogen) atoms. The van der Waals surface area contributed by atoms with E-state index in [2.05, 4.69) is 20.9 Å². The van der Waals surface area contributed by atoms with Crippen LogP contribution >= 0.6 is 15.9 Å². The van der Waals surface area contributed by atoms with Crippen molar-refractivity contribution in [3.63, 3.8) is 0 Å². The maximum atomic E-state index is 10.5. The maximum absolute atomic E-state index is 10.5. The highest BCUT2D eigenvalue weighted by molar-refractivity contribution is 9.10. The Labute approximate surface area is 100 Å². The number of nitrogens with one attached hydrogen (secondary N) is 1. The minimum Gasteiger partial charge on any atom is -0.361 e. The third-order valence-electron chi connectivity index (χ3n) is 2.33. The van der Waals surface area contributed by atoms with Crippen LogP contribution in [0.25, 0.3) is 17.0 Å². The van der Waals surface area contributed by atoms with E-state index in [-0.39, 0.29) is 5.70 Å². The highest BCUT2D eigenvalue weighted by Crippen LogP contribution is 2.24. The molecule has 1 heterocycles. The van der Waals surface area contributed by atoms with Gasteiger partial charge in [-0.1, -0.05) is 15.9 Å². The average Bonchev–Trinajstić information content (AvgIpc) is 2.61. The van der Waals surface area contributed by atoms with E-state index in [0.717, 1.165) is 20.9 Å². The normalized spacial score (nSPS) is 12.0. The van der Waals surface area contributed by atoms with Crippen LogP contribution in [0.3, 0.4) is 0 Å². The zero-order chi connectivity index (χ0) is 11.7. The lowest BCUT2D eigenvalue weighted by molar-refractivity contribution is -0.422. The lowest BCUT2D eigenvalue weighted by atomic mass is 10.1. The van der Waals surface area contributed by atoms with Gasteiger partial charge in [-0.2, -0.15) is 0 Å². The standard InChI is InChI=1S/C11H9BrN2O2/c1-7(14(15)16)4-8-6-13-11-3-2-9(12)5-10(8)11/h2-6,13H,1H3. The van der Waals surface area contributed by atoms with Gasteiger partial charge in [0.15, 0.2) is 0 Å². The Morgan fingerprint density at radius 3 is 3.00 bits per heavy atom. The summed E-state index contributed by atoms with van der Waals surface area (Å²) in [7, 11) is 0. The van der Waals surface area contributed by atoms with Crippen molar-refractivity contribution >= 4 is 32.9 Å². The Hall–Kier alpha value is -1.62. The Kier molecular flexibility index (Phi) is 2.78. The fourth-order valence-corrected chi connectivity index (χ4v) is 1.87. The van der Waals surface area contributed by atoms with Crippen molar-refractivity contribution in [2.24, 2.45) is 0 Å². The van der Waals surface area contributed by atoms with Crippen LogP contribution in [-0.4, -0.2) is 9.91 Å². The van der Waals surface area contributed by atoms with Crippen LogP contribution in [0, 0.1) is 10.1 Å². The molecule has 0 spiro atoms. The predicted molar refractivity (Wildman–Crippen MR) is 66.6 cm³/mol. The largest absolute Gasteiger partial charge is 0.361 e. The van der Waals surface area contributed by atoms with E-state index in [9.17, 15) is 10.1 Å². The number of H-pyrrole nitrogens is 1. The summed E-state index contributed by atoms with van der Waals surface area (Å²) in [6.07, 6.45) is 3.33. The number of halogens is 1. The number of nitrogens with zero attached hydrogens (tertiary/aromatic N) is 1. The van der Waals surface area contributed by atoms with Crippen LogP contribution in [0.4, 0.5) is 0 Å². The van der Waals surface area contributed by atoms with Crippen molar-refractivity contribution < 1.29 is 4.92 Å². The zero-order valence-electron chi connectivity index (χ0n) is 8.53. The van der Waals surface area contributed by atoms with Crippen LogP contribution < -0.4 is 0 Å². The Balaban J connectivity index is 2.57. The zero-order valence-corrected chi connectivity index (χ0v) is 10.1. The molecule has 0 atom stereocenters. The van der Waals surface area contributed by atoms with Gasteiger partial charge in [0.1, 0.15) is 0 Å². The molecule has 0 aliphatic rings. The first-order chi connectivity index (χ1) is 7.58. The van der Waals surface area contributed by atoms with Crippen molar-refractivity contribution in [2.45, 2.75) is 6.92 Å². The van der Waals surface area contributed by atoms with Crippen molar-refractivity contribution in [1.29, 1.82) is 0 Å². The maximum Gasteiger partial charge on any atom is 0.243 e. The molecule has 2 rings (SSSR count). The Bertz CT molecular complexity index is 587. The van der Waals surface area contributed by atoms with Gasteiger partial charge in [0.05, 0.1) is 4.92 Å². The molecule has 0 aliphatic heterocycles. The molecule has 4 nitrogen and oxygen atoms in total. The van der Waals surface area contributed by atoms with Crippen LogP contribution in [0.2, 0.25) is 0 Å². The molecule has 0 amide bonds. The molecule has 0 saturated heterocycles. The van der Waals surface area contributed by atoms with E-state index < -0.39 is 4.92 Å². The second-order valence-electron chi connectivity index (χ2n) is 3.48. The third-order valence-corrected chi connectivity index (χ3v) is 2.82. The highest BCUT2D eigenvalue weighted by Gasteiger charge is 2.06. The molecular formula is C11H9BrN2O2. The van der Waals surface area contributed by atoms with Gasteiger partial charge in [-0.05, 0) is 18.2 Å². The second-order valence-corrected chi connectivity index (χ2v) is 4.39. The number of nitro groups is 1. The number of allylic oxidation sites excluding steroid dienone is 1. The van der Waals surface area contributed by atoms with Crippen LogP contribution in [-0.2, 0) is 0 Å². The molecular weight excluding hydrogens is 272 g/mol. The third kappa shape index (κ3) is 1.99. The quantitative estimate of drug-likeness (QED) is 0.675. The van der Waals surface area contributed by atoms with Gasteiger partial charge >= 0.3 is 0 Å². The van der Waals surface area contributed by atoms with Crippen molar-refractivity contribution in [1.82, 2.24) is 4.98 Å². The number of aromatic nitrogens is 1. The van der Waals surface area contributed by atoms with Gasteiger partial charge in [-0.25, -0.2) is 0 Å². The lowest BCUT2D eigenvalue weighted by Gasteiger charge is -1.94. The summed E-state index contributed by atoms with van der Waals surface area (Å²) >= 11 is 3.38. The van der Waals surface area contributed by atoms with Crippen LogP contribution in [0.15, 0.2) is 34.6 Å². The van der Waals surface area contributed by atoms with E-state index in [1.807, 2.05) is 18.2 Å². The smallest absolute Gasteiger partial charge is 0.243 e. The fourth-order valence-electron chi connectivity index (χ4n) is 1.51. The summed E-state index contributed by atoms with van der Waals surface area (Å²) in [5, 5.41) is 11.5. The molecule has 1 N–H and O–H groups in total. The summed E-state index contributed by atoms with van der Waals surface area (Å²) in [6, 6.07) is 5.79. The van der Waals surface area contributed by atoms with Gasteiger partial charge in [-0.15, -0.1) is 0 Å². The van der Waals surface area contributed by atoms with E-state index in [4.69, 9.17) is 0 Å². The van der Waals surface area contributed by atoms with Gasteiger partial charge in [0.25, 0.3) is 0 Å². The topological polar surface area (TPSA) is 58.9 Å². The molecule has 82 valence electrons. The Morgan fingerprint density at radius 1 is 1.56 bits per heavy atom. The first-order valence-electron chi connectivity index (χ1n) is 4.67. The number of aromatic amines is 1. The molecule has 0 aliphatic carbocycles. The monoisotopic (exact) mass is 280 g/mol. The first kappa shape index (κ1) is 10.9. The number of rotatable bonds is 2. The van der Waals surface area contributed by atoms with E-state index in [0.29, 0.717) is 0 Å². The first-order valence-corrected chi connectivity index (χ1v) is 5.46. The van der Waals surface area contributed by atoms with E-state index >= 15 is 0 Å². The number of hydrogen-bond donors (Lipinski definition) is 1. The average molecular weight is 281 g/mol. The lowest BCUT2D eigenvalue weighted by Crippen LogP contribution is -1.92. The molecule has 0 unspecified atom stereocenters.